The molecule has 2 amide bonds. The minimum Gasteiger partial charge on any atom is -0.326 e. The predicted octanol–water partition coefficient (Wildman–Crippen LogP) is 7.07. The molecule has 1 aliphatic rings. The Morgan fingerprint density at radius 3 is 2.18 bits per heavy atom. The molecule has 1 fully saturated rings. The van der Waals surface area contributed by atoms with E-state index in [1.165, 1.54) is 48.3 Å². The molecule has 0 spiro atoms. The molecule has 0 heterocycles. The first kappa shape index (κ1) is 24.7. The minimum atomic E-state index is -1.39. The van der Waals surface area contributed by atoms with Crippen LogP contribution in [0.3, 0.4) is 0 Å². The summed E-state index contributed by atoms with van der Waals surface area (Å²) in [5.41, 5.74) is 0.886. The summed E-state index contributed by atoms with van der Waals surface area (Å²) in [5.74, 6) is -3.81. The Morgan fingerprint density at radius 1 is 0.941 bits per heavy atom. The Kier molecular flexibility index (Phi) is 6.80. The third-order valence-corrected chi connectivity index (χ3v) is 6.94. The topological polar surface area (TPSA) is 49.4 Å². The molecule has 0 radical (unpaired) electrons. The number of alkyl halides is 2. The summed E-state index contributed by atoms with van der Waals surface area (Å²) in [6.07, 6.45) is 0. The van der Waals surface area contributed by atoms with Crippen molar-refractivity contribution in [3.8, 4) is 0 Å². The van der Waals surface area contributed by atoms with Crippen molar-refractivity contribution in [2.45, 2.75) is 10.3 Å². The van der Waals surface area contributed by atoms with Crippen molar-refractivity contribution >= 4 is 69.6 Å². The van der Waals surface area contributed by atoms with Gasteiger partial charge in [0.05, 0.1) is 11.5 Å². The first-order valence-electron chi connectivity index (χ1n) is 9.97. The standard InChI is InChI=1S/C24H16Cl4F2N2O2/c1-32(17-5-2-15(29)3-6-17)23(34)18-11-16(4-7-19(18)30)31-22(33)21-20(24(21,27)28)12-8-13(25)10-14(26)9-12/h2-11,20-21H,1H3,(H,31,33). The molecule has 2 atom stereocenters. The van der Waals surface area contributed by atoms with Gasteiger partial charge in [-0.3, -0.25) is 9.59 Å². The highest BCUT2D eigenvalue weighted by Crippen LogP contribution is 2.65. The van der Waals surface area contributed by atoms with Crippen molar-refractivity contribution in [2.24, 2.45) is 5.92 Å². The van der Waals surface area contributed by atoms with Gasteiger partial charge in [0.25, 0.3) is 5.91 Å². The van der Waals surface area contributed by atoms with Crippen LogP contribution in [0.5, 0.6) is 0 Å². The zero-order valence-electron chi connectivity index (χ0n) is 17.5. The molecule has 3 aromatic rings. The van der Waals surface area contributed by atoms with Gasteiger partial charge in [-0.1, -0.05) is 23.2 Å². The predicted molar refractivity (Wildman–Crippen MR) is 131 cm³/mol. The second-order valence-electron chi connectivity index (χ2n) is 7.86. The number of nitrogens with one attached hydrogen (secondary N) is 1. The highest BCUT2D eigenvalue weighted by Gasteiger charge is 2.67. The number of carbonyl (C=O) groups is 2. The van der Waals surface area contributed by atoms with E-state index in [1.807, 2.05) is 0 Å². The molecule has 1 aliphatic carbocycles. The van der Waals surface area contributed by atoms with Crippen LogP contribution in [0.25, 0.3) is 0 Å². The normalized spacial score (nSPS) is 18.3. The van der Waals surface area contributed by atoms with Crippen LogP contribution in [-0.2, 0) is 4.79 Å². The number of anilines is 2. The zero-order valence-corrected chi connectivity index (χ0v) is 20.5. The van der Waals surface area contributed by atoms with Crippen LogP contribution in [-0.4, -0.2) is 23.2 Å². The van der Waals surface area contributed by atoms with E-state index in [1.54, 1.807) is 18.2 Å². The van der Waals surface area contributed by atoms with Crippen LogP contribution >= 0.6 is 46.4 Å². The molecule has 2 unspecified atom stereocenters. The Hall–Kier alpha value is -2.38. The largest absolute Gasteiger partial charge is 0.326 e. The number of benzene rings is 3. The Labute approximate surface area is 214 Å². The van der Waals surface area contributed by atoms with E-state index in [9.17, 15) is 18.4 Å². The maximum absolute atomic E-state index is 14.5. The molecule has 34 heavy (non-hydrogen) atoms. The molecule has 3 aromatic carbocycles. The van der Waals surface area contributed by atoms with Gasteiger partial charge in [0.15, 0.2) is 0 Å². The summed E-state index contributed by atoms with van der Waals surface area (Å²) >= 11 is 24.8. The SMILES string of the molecule is CN(C(=O)c1cc(NC(=O)C2C(c3cc(Cl)cc(Cl)c3)C2(Cl)Cl)ccc1F)c1ccc(F)cc1. The number of carbonyl (C=O) groups excluding carboxylic acids is 2. The average Bonchev–Trinajstić information content (AvgIpc) is 3.36. The van der Waals surface area contributed by atoms with Gasteiger partial charge in [-0.15, -0.1) is 23.2 Å². The fourth-order valence-corrected chi connectivity index (χ4v) is 5.14. The van der Waals surface area contributed by atoms with Crippen LogP contribution < -0.4 is 10.2 Å². The van der Waals surface area contributed by atoms with Crippen LogP contribution in [0.4, 0.5) is 20.2 Å². The van der Waals surface area contributed by atoms with Crippen molar-refractivity contribution in [1.29, 1.82) is 0 Å². The molecule has 1 saturated carbocycles. The summed E-state index contributed by atoms with van der Waals surface area (Å²) in [4.78, 5) is 27.0. The van der Waals surface area contributed by atoms with E-state index in [0.717, 1.165) is 6.07 Å². The fraction of sp³-hybridized carbons (Fsp3) is 0.167. The van der Waals surface area contributed by atoms with Crippen LogP contribution in [0, 0.1) is 17.6 Å². The van der Waals surface area contributed by atoms with Gasteiger partial charge in [0, 0.05) is 34.4 Å². The summed E-state index contributed by atoms with van der Waals surface area (Å²) in [6.45, 7) is 0. The van der Waals surface area contributed by atoms with Crippen molar-refractivity contribution < 1.29 is 18.4 Å². The molecule has 4 nitrogen and oxygen atoms in total. The average molecular weight is 544 g/mol. The maximum atomic E-state index is 14.5. The summed E-state index contributed by atoms with van der Waals surface area (Å²) < 4.78 is 26.3. The first-order chi connectivity index (χ1) is 16.0. The molecule has 0 saturated heterocycles. The Bertz CT molecular complexity index is 1260. The molecule has 0 aliphatic heterocycles. The summed E-state index contributed by atoms with van der Waals surface area (Å²) in [6, 6.07) is 13.6. The van der Waals surface area contributed by atoms with Gasteiger partial charge in [0.1, 0.15) is 16.0 Å². The van der Waals surface area contributed by atoms with Gasteiger partial charge in [-0.25, -0.2) is 8.78 Å². The van der Waals surface area contributed by atoms with E-state index in [-0.39, 0.29) is 11.3 Å². The number of rotatable bonds is 5. The van der Waals surface area contributed by atoms with E-state index in [4.69, 9.17) is 46.4 Å². The molecule has 176 valence electrons. The molecule has 1 N–H and O–H groups in total. The number of amides is 2. The molecule has 0 aromatic heterocycles. The lowest BCUT2D eigenvalue weighted by atomic mass is 10.1. The second kappa shape index (κ2) is 9.34. The summed E-state index contributed by atoms with van der Waals surface area (Å²) in [5, 5.41) is 3.39. The van der Waals surface area contributed by atoms with E-state index in [2.05, 4.69) is 5.32 Å². The van der Waals surface area contributed by atoms with E-state index in [0.29, 0.717) is 21.3 Å². The zero-order chi connectivity index (χ0) is 24.8. The van der Waals surface area contributed by atoms with Gasteiger partial charge in [-0.2, -0.15) is 0 Å². The smallest absolute Gasteiger partial charge is 0.261 e. The number of halogens is 6. The van der Waals surface area contributed by atoms with Crippen molar-refractivity contribution in [3.63, 3.8) is 0 Å². The quantitative estimate of drug-likeness (QED) is 0.350. The lowest BCUT2D eigenvalue weighted by molar-refractivity contribution is -0.117. The number of hydrogen-bond donors (Lipinski definition) is 1. The second-order valence-corrected chi connectivity index (χ2v) is 10.2. The van der Waals surface area contributed by atoms with Crippen LogP contribution in [0.2, 0.25) is 10.0 Å². The highest BCUT2D eigenvalue weighted by atomic mass is 35.5. The maximum Gasteiger partial charge on any atom is 0.261 e. The Balaban J connectivity index is 1.53. The lowest BCUT2D eigenvalue weighted by Gasteiger charge is -2.18. The molecule has 4 rings (SSSR count). The monoisotopic (exact) mass is 542 g/mol. The number of hydrogen-bond acceptors (Lipinski definition) is 2. The van der Waals surface area contributed by atoms with Gasteiger partial charge < -0.3 is 10.2 Å². The lowest BCUT2D eigenvalue weighted by Crippen LogP contribution is -2.27. The highest BCUT2D eigenvalue weighted by molar-refractivity contribution is 6.53. The van der Waals surface area contributed by atoms with E-state index < -0.39 is 39.6 Å². The van der Waals surface area contributed by atoms with Gasteiger partial charge in [0.2, 0.25) is 5.91 Å². The van der Waals surface area contributed by atoms with Crippen LogP contribution in [0.15, 0.2) is 60.7 Å². The minimum absolute atomic E-state index is 0.182. The van der Waals surface area contributed by atoms with Gasteiger partial charge in [-0.05, 0) is 66.2 Å². The summed E-state index contributed by atoms with van der Waals surface area (Å²) in [7, 11) is 1.43. The van der Waals surface area contributed by atoms with Gasteiger partial charge >= 0.3 is 0 Å². The Morgan fingerprint density at radius 2 is 1.56 bits per heavy atom. The third kappa shape index (κ3) is 4.86. The third-order valence-electron chi connectivity index (χ3n) is 5.56. The first-order valence-corrected chi connectivity index (χ1v) is 11.5. The fourth-order valence-electron chi connectivity index (χ4n) is 3.77. The number of nitrogens with zero attached hydrogens (tertiary/aromatic N) is 1. The molecular formula is C24H16Cl4F2N2O2. The van der Waals surface area contributed by atoms with E-state index >= 15 is 0 Å². The van der Waals surface area contributed by atoms with Crippen molar-refractivity contribution in [2.75, 3.05) is 17.3 Å². The van der Waals surface area contributed by atoms with Crippen molar-refractivity contribution in [3.05, 3.63) is 93.5 Å². The molecule has 10 heteroatoms. The van der Waals surface area contributed by atoms with Crippen molar-refractivity contribution in [1.82, 2.24) is 0 Å². The molecular weight excluding hydrogens is 528 g/mol. The molecule has 0 bridgehead atoms. The van der Waals surface area contributed by atoms with Crippen LogP contribution in [0.1, 0.15) is 21.8 Å².